The van der Waals surface area contributed by atoms with E-state index in [1.807, 2.05) is 0 Å². The average molecular weight is 655 g/mol. The third-order valence-corrected chi connectivity index (χ3v) is 9.60. The van der Waals surface area contributed by atoms with Crippen LogP contribution in [0.15, 0.2) is 66.9 Å². The summed E-state index contributed by atoms with van der Waals surface area (Å²) in [6.07, 6.45) is 1.13. The lowest BCUT2D eigenvalue weighted by Gasteiger charge is -2.28. The van der Waals surface area contributed by atoms with Gasteiger partial charge in [-0.25, -0.2) is 13.1 Å². The van der Waals surface area contributed by atoms with Gasteiger partial charge in [0.2, 0.25) is 0 Å². The average Bonchev–Trinajstić information content (AvgIpc) is 3.60. The Morgan fingerprint density at radius 1 is 1.07 bits per heavy atom. The van der Waals surface area contributed by atoms with Crippen LogP contribution in [0, 0.1) is 0 Å². The molecule has 6 rings (SSSR count). The molecular weight excluding hydrogens is 622 g/mol. The van der Waals surface area contributed by atoms with Crippen molar-refractivity contribution in [2.75, 3.05) is 24.7 Å². The van der Waals surface area contributed by atoms with Gasteiger partial charge in [-0.15, -0.1) is 0 Å². The highest BCUT2D eigenvalue weighted by Crippen LogP contribution is 2.36. The van der Waals surface area contributed by atoms with Crippen molar-refractivity contribution in [2.24, 2.45) is 0 Å². The lowest BCUT2D eigenvalue weighted by molar-refractivity contribution is -0.144. The van der Waals surface area contributed by atoms with Crippen LogP contribution in [0.1, 0.15) is 42.3 Å². The number of nitrogens with one attached hydrogen (secondary N) is 2. The smallest absolute Gasteiger partial charge is 0.321 e. The van der Waals surface area contributed by atoms with Crippen LogP contribution in [0.3, 0.4) is 0 Å². The van der Waals surface area contributed by atoms with E-state index in [2.05, 4.69) is 15.7 Å². The SMILES string of the molecule is CC(NC(=O)C(C)(F)F)[C@H](Oc1ccc2c(cnn2-c2cccc(C(=O)N[C@H]3CCS(=O)(=O)C3)c2)c1)c1ccc2c(c1)OCCO2. The molecule has 11 nitrogen and oxygen atoms in total. The van der Waals surface area contributed by atoms with E-state index < -0.39 is 39.9 Å². The predicted molar refractivity (Wildman–Crippen MR) is 165 cm³/mol. The Bertz CT molecular complexity index is 1910. The van der Waals surface area contributed by atoms with Crippen molar-refractivity contribution in [1.29, 1.82) is 0 Å². The summed E-state index contributed by atoms with van der Waals surface area (Å²) in [5.41, 5.74) is 2.26. The van der Waals surface area contributed by atoms with Crippen LogP contribution in [0.4, 0.5) is 8.78 Å². The van der Waals surface area contributed by atoms with Gasteiger partial charge in [0.1, 0.15) is 25.1 Å². The summed E-state index contributed by atoms with van der Waals surface area (Å²) in [5, 5.41) is 10.3. The Morgan fingerprint density at radius 2 is 1.85 bits per heavy atom. The first-order valence-corrected chi connectivity index (χ1v) is 16.5. The van der Waals surface area contributed by atoms with E-state index >= 15 is 0 Å². The summed E-state index contributed by atoms with van der Waals surface area (Å²) in [5.74, 6) is -3.95. The Balaban J connectivity index is 1.25. The molecule has 0 radical (unpaired) electrons. The molecule has 0 spiro atoms. The Labute approximate surface area is 263 Å². The number of ether oxygens (including phenoxy) is 3. The van der Waals surface area contributed by atoms with Gasteiger partial charge in [0, 0.05) is 23.9 Å². The van der Waals surface area contributed by atoms with Gasteiger partial charge in [-0.3, -0.25) is 9.59 Å². The van der Waals surface area contributed by atoms with Gasteiger partial charge >= 0.3 is 5.92 Å². The first-order valence-electron chi connectivity index (χ1n) is 14.7. The number of halogens is 2. The van der Waals surface area contributed by atoms with Gasteiger partial charge in [0.25, 0.3) is 11.8 Å². The molecule has 0 bridgehead atoms. The van der Waals surface area contributed by atoms with Crippen molar-refractivity contribution >= 4 is 32.6 Å². The lowest BCUT2D eigenvalue weighted by atomic mass is 10.0. The summed E-state index contributed by atoms with van der Waals surface area (Å²) >= 11 is 0. The van der Waals surface area contributed by atoms with Crippen LogP contribution < -0.4 is 24.8 Å². The molecule has 1 unspecified atom stereocenters. The molecule has 2 aliphatic heterocycles. The summed E-state index contributed by atoms with van der Waals surface area (Å²) in [7, 11) is -3.14. The zero-order valence-electron chi connectivity index (χ0n) is 25.0. The van der Waals surface area contributed by atoms with Crippen molar-refractivity contribution in [3.63, 3.8) is 0 Å². The molecule has 0 saturated carbocycles. The van der Waals surface area contributed by atoms with E-state index in [4.69, 9.17) is 14.2 Å². The van der Waals surface area contributed by atoms with Crippen LogP contribution in [0.5, 0.6) is 17.2 Å². The number of alkyl halides is 2. The van der Waals surface area contributed by atoms with Crippen LogP contribution in [-0.4, -0.2) is 72.7 Å². The first kappa shape index (κ1) is 31.3. The van der Waals surface area contributed by atoms with Crippen LogP contribution in [0.25, 0.3) is 16.6 Å². The van der Waals surface area contributed by atoms with E-state index in [1.165, 1.54) is 0 Å². The molecule has 2 amide bonds. The number of aromatic nitrogens is 2. The Morgan fingerprint density at radius 3 is 2.59 bits per heavy atom. The van der Waals surface area contributed by atoms with E-state index in [9.17, 15) is 26.8 Å². The lowest BCUT2D eigenvalue weighted by Crippen LogP contribution is -2.46. The number of hydrogen-bond acceptors (Lipinski definition) is 8. The zero-order valence-corrected chi connectivity index (χ0v) is 25.9. The van der Waals surface area contributed by atoms with Gasteiger partial charge in [-0.2, -0.15) is 13.9 Å². The number of benzene rings is 3. The quantitative estimate of drug-likeness (QED) is 0.277. The molecule has 4 aromatic rings. The van der Waals surface area contributed by atoms with Crippen molar-refractivity contribution in [1.82, 2.24) is 20.4 Å². The third kappa shape index (κ3) is 6.76. The maximum atomic E-state index is 13.8. The fourth-order valence-corrected chi connectivity index (χ4v) is 7.17. The van der Waals surface area contributed by atoms with Crippen molar-refractivity contribution < 1.29 is 41.0 Å². The fraction of sp³-hybridized carbons (Fsp3) is 0.344. The van der Waals surface area contributed by atoms with Crippen molar-refractivity contribution in [3.05, 3.63) is 78.0 Å². The number of carbonyl (C=O) groups is 2. The van der Waals surface area contributed by atoms with Crippen LogP contribution in [-0.2, 0) is 14.6 Å². The number of sulfone groups is 1. The summed E-state index contributed by atoms with van der Waals surface area (Å²) in [6.45, 7) is 2.87. The van der Waals surface area contributed by atoms with Gasteiger partial charge in [0.15, 0.2) is 21.3 Å². The second-order valence-corrected chi connectivity index (χ2v) is 13.7. The molecular formula is C32H32F2N4O7S. The molecule has 3 aromatic carbocycles. The highest BCUT2D eigenvalue weighted by molar-refractivity contribution is 7.91. The van der Waals surface area contributed by atoms with Gasteiger partial charge in [0.05, 0.1) is 34.9 Å². The number of nitrogens with zero attached hydrogens (tertiary/aromatic N) is 2. The molecule has 1 aromatic heterocycles. The molecule has 242 valence electrons. The van der Waals surface area contributed by atoms with Crippen LogP contribution >= 0.6 is 0 Å². The highest BCUT2D eigenvalue weighted by atomic mass is 32.2. The normalized spacial score (nSPS) is 18.5. The van der Waals surface area contributed by atoms with E-state index in [0.717, 1.165) is 0 Å². The van der Waals surface area contributed by atoms with Gasteiger partial charge in [-0.1, -0.05) is 12.1 Å². The van der Waals surface area contributed by atoms with E-state index in [0.29, 0.717) is 71.5 Å². The third-order valence-electron chi connectivity index (χ3n) is 7.83. The highest BCUT2D eigenvalue weighted by Gasteiger charge is 2.35. The van der Waals surface area contributed by atoms with Crippen molar-refractivity contribution in [3.8, 4) is 22.9 Å². The minimum Gasteiger partial charge on any atom is -0.486 e. The molecule has 3 atom stereocenters. The second-order valence-electron chi connectivity index (χ2n) is 11.5. The van der Waals surface area contributed by atoms with Gasteiger partial charge < -0.3 is 24.8 Å². The van der Waals surface area contributed by atoms with Crippen LogP contribution in [0.2, 0.25) is 0 Å². The zero-order chi connectivity index (χ0) is 32.6. The number of fused-ring (bicyclic) bond motifs is 2. The maximum Gasteiger partial charge on any atom is 0.321 e. The monoisotopic (exact) mass is 654 g/mol. The predicted octanol–water partition coefficient (Wildman–Crippen LogP) is 3.99. The number of carbonyl (C=O) groups excluding carboxylic acids is 2. The molecule has 1 saturated heterocycles. The molecule has 3 heterocycles. The Kier molecular flexibility index (Phi) is 8.32. The summed E-state index contributed by atoms with van der Waals surface area (Å²) in [4.78, 5) is 25.0. The number of amides is 2. The standard InChI is InChI=1S/C32H32F2N4O7S/c1-19(36-31(40)32(2,33)34)29(20-6-9-27-28(16-20)44-12-11-43-27)45-25-7-8-26-22(15-25)17-35-38(26)24-5-3-4-21(14-24)30(39)37-23-10-13-46(41,42)18-23/h3-9,14-17,19,23,29H,10-13,18H2,1-2H3,(H,36,40)(H,37,39)/t19?,23-,29-/m0/s1. The second kappa shape index (κ2) is 12.2. The molecule has 2 aliphatic rings. The fourth-order valence-electron chi connectivity index (χ4n) is 5.50. The maximum absolute atomic E-state index is 13.8. The van der Waals surface area contributed by atoms with E-state index in [-0.39, 0.29) is 17.4 Å². The molecule has 14 heteroatoms. The minimum atomic E-state index is -3.58. The number of hydrogen-bond donors (Lipinski definition) is 2. The summed E-state index contributed by atoms with van der Waals surface area (Å²) < 4.78 is 70.4. The molecule has 2 N–H and O–H groups in total. The molecule has 1 fully saturated rings. The summed E-state index contributed by atoms with van der Waals surface area (Å²) in [6, 6.07) is 15.9. The molecule has 0 aliphatic carbocycles. The first-order chi connectivity index (χ1) is 21.9. The van der Waals surface area contributed by atoms with Crippen molar-refractivity contribution in [2.45, 2.75) is 44.4 Å². The number of rotatable bonds is 9. The largest absolute Gasteiger partial charge is 0.486 e. The molecule has 46 heavy (non-hydrogen) atoms. The Hall–Kier alpha value is -4.72. The van der Waals surface area contributed by atoms with E-state index in [1.54, 1.807) is 78.5 Å². The minimum absolute atomic E-state index is 0.0582. The topological polar surface area (TPSA) is 138 Å². The van der Waals surface area contributed by atoms with Gasteiger partial charge in [-0.05, 0) is 67.4 Å².